The van der Waals surface area contributed by atoms with Crippen LogP contribution in [-0.4, -0.2) is 53.3 Å². The van der Waals surface area contributed by atoms with Crippen molar-refractivity contribution >= 4 is 39.9 Å². The third-order valence-electron chi connectivity index (χ3n) is 5.90. The van der Waals surface area contributed by atoms with Gasteiger partial charge in [0, 0.05) is 31.0 Å². The lowest BCUT2D eigenvalue weighted by Gasteiger charge is -2.31. The molecule has 3 aromatic rings. The molecule has 0 unspecified atom stereocenters. The SMILES string of the molecule is O=C(Nc1ccc(N2CCOCC2)c(Nc2ncnc3[nH]ccc23)c1)NC1CCCC1. The zero-order valence-corrected chi connectivity index (χ0v) is 17.4. The first-order valence-corrected chi connectivity index (χ1v) is 10.9. The number of carbonyl (C=O) groups excluding carboxylic acids is 1. The van der Waals surface area contributed by atoms with Crippen LogP contribution >= 0.6 is 0 Å². The summed E-state index contributed by atoms with van der Waals surface area (Å²) in [6.07, 6.45) is 7.85. The standard InChI is InChI=1S/C22H27N7O2/c30-22(26-15-3-1-2-4-15)27-16-5-6-19(29-9-11-31-12-10-29)18(13-16)28-21-17-7-8-23-20(17)24-14-25-21/h5-8,13-15H,1-4,9-12H2,(H2,26,27,30)(H2,23,24,25,28). The summed E-state index contributed by atoms with van der Waals surface area (Å²) in [6, 6.07) is 7.99. The van der Waals surface area contributed by atoms with Crippen molar-refractivity contribution in [2.24, 2.45) is 0 Å². The molecule has 0 atom stereocenters. The Hall–Kier alpha value is -3.33. The average Bonchev–Trinajstić information content (AvgIpc) is 3.47. The first kappa shape index (κ1) is 19.6. The van der Waals surface area contributed by atoms with Crippen LogP contribution < -0.4 is 20.9 Å². The van der Waals surface area contributed by atoms with Gasteiger partial charge >= 0.3 is 6.03 Å². The van der Waals surface area contributed by atoms with E-state index >= 15 is 0 Å². The molecule has 5 rings (SSSR count). The van der Waals surface area contributed by atoms with Crippen molar-refractivity contribution < 1.29 is 9.53 Å². The van der Waals surface area contributed by atoms with Gasteiger partial charge in [-0.05, 0) is 37.1 Å². The van der Waals surface area contributed by atoms with Crippen LogP contribution in [0.25, 0.3) is 11.0 Å². The van der Waals surface area contributed by atoms with E-state index in [0.29, 0.717) is 19.0 Å². The number of H-pyrrole nitrogens is 1. The van der Waals surface area contributed by atoms with E-state index in [0.717, 1.165) is 54.0 Å². The highest BCUT2D eigenvalue weighted by molar-refractivity contribution is 5.94. The number of anilines is 4. The molecule has 4 N–H and O–H groups in total. The summed E-state index contributed by atoms with van der Waals surface area (Å²) in [7, 11) is 0. The van der Waals surface area contributed by atoms with E-state index in [1.165, 1.54) is 19.2 Å². The highest BCUT2D eigenvalue weighted by Gasteiger charge is 2.19. The molecular formula is C22H27N7O2. The van der Waals surface area contributed by atoms with Gasteiger partial charge in [0.15, 0.2) is 0 Å². The van der Waals surface area contributed by atoms with Crippen LogP contribution in [0.15, 0.2) is 36.8 Å². The van der Waals surface area contributed by atoms with Gasteiger partial charge in [-0.25, -0.2) is 14.8 Å². The normalized spacial score (nSPS) is 17.1. The summed E-state index contributed by atoms with van der Waals surface area (Å²) in [4.78, 5) is 26.6. The summed E-state index contributed by atoms with van der Waals surface area (Å²) in [5, 5.41) is 10.4. The van der Waals surface area contributed by atoms with Crippen LogP contribution in [0, 0.1) is 0 Å². The molecule has 1 aromatic carbocycles. The molecule has 1 aliphatic carbocycles. The van der Waals surface area contributed by atoms with Crippen LogP contribution in [0.2, 0.25) is 0 Å². The summed E-state index contributed by atoms with van der Waals surface area (Å²) in [5.74, 6) is 0.716. The Morgan fingerprint density at radius 1 is 1.13 bits per heavy atom. The Bertz CT molecular complexity index is 1050. The van der Waals surface area contributed by atoms with Gasteiger partial charge in [0.1, 0.15) is 17.8 Å². The summed E-state index contributed by atoms with van der Waals surface area (Å²) in [6.45, 7) is 3.01. The van der Waals surface area contributed by atoms with E-state index in [1.807, 2.05) is 30.5 Å². The number of hydrogen-bond acceptors (Lipinski definition) is 6. The fraction of sp³-hybridized carbons (Fsp3) is 0.409. The third kappa shape index (κ3) is 4.41. The van der Waals surface area contributed by atoms with E-state index < -0.39 is 0 Å². The minimum atomic E-state index is -0.160. The van der Waals surface area contributed by atoms with Gasteiger partial charge in [0.25, 0.3) is 0 Å². The van der Waals surface area contributed by atoms with Gasteiger partial charge < -0.3 is 30.6 Å². The topological polar surface area (TPSA) is 107 Å². The van der Waals surface area contributed by atoms with Gasteiger partial charge in [-0.3, -0.25) is 0 Å². The van der Waals surface area contributed by atoms with E-state index in [1.54, 1.807) is 0 Å². The monoisotopic (exact) mass is 421 g/mol. The van der Waals surface area contributed by atoms with Crippen LogP contribution in [-0.2, 0) is 4.74 Å². The Kier molecular flexibility index (Phi) is 5.57. The van der Waals surface area contributed by atoms with Crippen molar-refractivity contribution in [1.82, 2.24) is 20.3 Å². The number of urea groups is 1. The first-order chi connectivity index (χ1) is 15.3. The molecule has 0 bridgehead atoms. The van der Waals surface area contributed by atoms with Gasteiger partial charge in [-0.15, -0.1) is 0 Å². The van der Waals surface area contributed by atoms with Gasteiger partial charge in [0.2, 0.25) is 0 Å². The van der Waals surface area contributed by atoms with Crippen LogP contribution in [0.5, 0.6) is 0 Å². The molecule has 162 valence electrons. The first-order valence-electron chi connectivity index (χ1n) is 10.9. The molecule has 0 radical (unpaired) electrons. The molecule has 3 heterocycles. The molecule has 2 aliphatic rings. The Morgan fingerprint density at radius 3 is 2.81 bits per heavy atom. The Morgan fingerprint density at radius 2 is 1.97 bits per heavy atom. The van der Waals surface area contributed by atoms with Crippen molar-refractivity contribution in [3.05, 3.63) is 36.8 Å². The number of amides is 2. The van der Waals surface area contributed by atoms with Crippen LogP contribution in [0.3, 0.4) is 0 Å². The molecular weight excluding hydrogens is 394 g/mol. The molecule has 31 heavy (non-hydrogen) atoms. The van der Waals surface area contributed by atoms with Crippen molar-refractivity contribution in [2.45, 2.75) is 31.7 Å². The smallest absolute Gasteiger partial charge is 0.319 e. The second-order valence-electron chi connectivity index (χ2n) is 8.00. The Labute approximate surface area is 180 Å². The minimum Gasteiger partial charge on any atom is -0.378 e. The van der Waals surface area contributed by atoms with Gasteiger partial charge in [-0.1, -0.05) is 12.8 Å². The molecule has 1 saturated carbocycles. The maximum Gasteiger partial charge on any atom is 0.319 e. The van der Waals surface area contributed by atoms with E-state index in [-0.39, 0.29) is 12.1 Å². The van der Waals surface area contributed by atoms with Crippen molar-refractivity contribution in [3.8, 4) is 0 Å². The predicted molar refractivity (Wildman–Crippen MR) is 121 cm³/mol. The maximum atomic E-state index is 12.5. The largest absolute Gasteiger partial charge is 0.378 e. The fourth-order valence-corrected chi connectivity index (χ4v) is 4.32. The lowest BCUT2D eigenvalue weighted by Crippen LogP contribution is -2.37. The lowest BCUT2D eigenvalue weighted by atomic mass is 10.2. The van der Waals surface area contributed by atoms with Crippen molar-refractivity contribution in [3.63, 3.8) is 0 Å². The number of benzene rings is 1. The number of carbonyl (C=O) groups is 1. The summed E-state index contributed by atoms with van der Waals surface area (Å²) < 4.78 is 5.51. The number of morpholine rings is 1. The van der Waals surface area contributed by atoms with Crippen molar-refractivity contribution in [1.29, 1.82) is 0 Å². The number of fused-ring (bicyclic) bond motifs is 1. The Balaban J connectivity index is 1.41. The number of nitrogens with zero attached hydrogens (tertiary/aromatic N) is 3. The molecule has 9 nitrogen and oxygen atoms in total. The highest BCUT2D eigenvalue weighted by atomic mass is 16.5. The number of nitrogens with one attached hydrogen (secondary N) is 4. The lowest BCUT2D eigenvalue weighted by molar-refractivity contribution is 0.123. The van der Waals surface area contributed by atoms with E-state index in [9.17, 15) is 4.79 Å². The molecule has 2 aromatic heterocycles. The molecule has 9 heteroatoms. The van der Waals surface area contributed by atoms with Gasteiger partial charge in [-0.2, -0.15) is 0 Å². The molecule has 2 amide bonds. The number of aromatic nitrogens is 3. The second kappa shape index (κ2) is 8.81. The van der Waals surface area contributed by atoms with Crippen LogP contribution in [0.1, 0.15) is 25.7 Å². The van der Waals surface area contributed by atoms with E-state index in [4.69, 9.17) is 4.74 Å². The molecule has 1 aliphatic heterocycles. The number of ether oxygens (including phenoxy) is 1. The zero-order valence-electron chi connectivity index (χ0n) is 17.4. The molecule has 2 fully saturated rings. The quantitative estimate of drug-likeness (QED) is 0.501. The second-order valence-corrected chi connectivity index (χ2v) is 8.00. The molecule has 0 spiro atoms. The highest BCUT2D eigenvalue weighted by Crippen LogP contribution is 2.33. The summed E-state index contributed by atoms with van der Waals surface area (Å²) >= 11 is 0. The number of rotatable bonds is 5. The zero-order chi connectivity index (χ0) is 21.0. The number of aromatic amines is 1. The summed E-state index contributed by atoms with van der Waals surface area (Å²) in [5.41, 5.74) is 3.43. The third-order valence-corrected chi connectivity index (χ3v) is 5.90. The molecule has 1 saturated heterocycles. The minimum absolute atomic E-state index is 0.160. The average molecular weight is 422 g/mol. The van der Waals surface area contributed by atoms with Crippen LogP contribution in [0.4, 0.5) is 27.7 Å². The van der Waals surface area contributed by atoms with Gasteiger partial charge in [0.05, 0.1) is 30.0 Å². The maximum absolute atomic E-state index is 12.5. The van der Waals surface area contributed by atoms with Crippen molar-refractivity contribution in [2.75, 3.05) is 41.8 Å². The van der Waals surface area contributed by atoms with E-state index in [2.05, 4.69) is 35.8 Å². The fourth-order valence-electron chi connectivity index (χ4n) is 4.32. The predicted octanol–water partition coefficient (Wildman–Crippen LogP) is 3.60. The number of hydrogen-bond donors (Lipinski definition) is 4.